The lowest BCUT2D eigenvalue weighted by Gasteiger charge is -2.39. The van der Waals surface area contributed by atoms with Gasteiger partial charge in [-0.3, -0.25) is 9.80 Å². The number of aryl methyl sites for hydroxylation is 1. The van der Waals surface area contributed by atoms with E-state index in [0.717, 1.165) is 33.5 Å². The maximum atomic E-state index is 12.8. The zero-order valence-electron chi connectivity index (χ0n) is 20.5. The van der Waals surface area contributed by atoms with E-state index in [-0.39, 0.29) is 11.6 Å². The van der Waals surface area contributed by atoms with Crippen molar-refractivity contribution in [3.63, 3.8) is 0 Å². The molecule has 1 aliphatic heterocycles. The van der Waals surface area contributed by atoms with Crippen LogP contribution in [0.2, 0.25) is 0 Å². The minimum atomic E-state index is -4.21. The number of pyridine rings is 2. The van der Waals surface area contributed by atoms with Gasteiger partial charge in [0.25, 0.3) is 0 Å². The third-order valence-electron chi connectivity index (χ3n) is 7.31. The molecule has 36 heavy (non-hydrogen) atoms. The van der Waals surface area contributed by atoms with Gasteiger partial charge in [0, 0.05) is 61.4 Å². The fraction of sp³-hybridized carbons (Fsp3) is 0.370. The molecule has 5 rings (SSSR count). The summed E-state index contributed by atoms with van der Waals surface area (Å²) in [4.78, 5) is 15.8. The van der Waals surface area contributed by atoms with E-state index in [9.17, 15) is 23.1 Å². The number of hydrogen-bond acceptors (Lipinski definition) is 3. The lowest BCUT2D eigenvalue weighted by Crippen LogP contribution is -2.49. The van der Waals surface area contributed by atoms with E-state index < -0.39 is 18.7 Å². The monoisotopic (exact) mass is 498 g/mol. The Kier molecular flexibility index (Phi) is 6.08. The van der Waals surface area contributed by atoms with Crippen molar-refractivity contribution < 1.29 is 23.1 Å². The second kappa shape index (κ2) is 8.97. The highest BCUT2D eigenvalue weighted by molar-refractivity contribution is 5.94. The summed E-state index contributed by atoms with van der Waals surface area (Å²) in [5.41, 5.74) is 6.59. The summed E-state index contributed by atoms with van der Waals surface area (Å²) in [5, 5.41) is 10.0. The molecule has 1 saturated heterocycles. The summed E-state index contributed by atoms with van der Waals surface area (Å²) in [7, 11) is 0. The number of rotatable bonds is 5. The highest BCUT2D eigenvalue weighted by Crippen LogP contribution is 2.35. The van der Waals surface area contributed by atoms with Crippen LogP contribution >= 0.6 is 0 Å². The fourth-order valence-electron chi connectivity index (χ4n) is 5.48. The first-order valence-corrected chi connectivity index (χ1v) is 12.0. The van der Waals surface area contributed by atoms with Crippen LogP contribution in [0.15, 0.2) is 48.8 Å². The molecule has 0 aromatic carbocycles. The number of hydrogen-bond donors (Lipinski definition) is 1. The Balaban J connectivity index is 1.57. The van der Waals surface area contributed by atoms with Crippen molar-refractivity contribution >= 4 is 17.0 Å². The summed E-state index contributed by atoms with van der Waals surface area (Å²) in [6.07, 6.45) is -0.190. The summed E-state index contributed by atoms with van der Waals surface area (Å²) < 4.78 is 42.6. The molecule has 0 spiro atoms. The van der Waals surface area contributed by atoms with Gasteiger partial charge in [-0.25, -0.2) is 4.79 Å². The highest BCUT2D eigenvalue weighted by Gasteiger charge is 2.34. The van der Waals surface area contributed by atoms with E-state index in [1.54, 1.807) is 6.07 Å². The summed E-state index contributed by atoms with van der Waals surface area (Å²) in [6.45, 7) is 6.53. The number of carboxylic acid groups (broad SMARTS) is 1. The minimum absolute atomic E-state index is 0.175. The van der Waals surface area contributed by atoms with Crippen molar-refractivity contribution in [1.29, 1.82) is 0 Å². The van der Waals surface area contributed by atoms with E-state index in [0.29, 0.717) is 31.7 Å². The molecule has 1 N–H and O–H groups in total. The van der Waals surface area contributed by atoms with Gasteiger partial charge in [0.1, 0.15) is 0 Å². The van der Waals surface area contributed by atoms with E-state index in [1.165, 1.54) is 4.90 Å². The molecule has 9 heteroatoms. The summed E-state index contributed by atoms with van der Waals surface area (Å²) >= 11 is 0. The second-order valence-electron chi connectivity index (χ2n) is 9.68. The molecule has 4 aromatic rings. The number of halogens is 3. The number of aromatic carboxylic acids is 1. The van der Waals surface area contributed by atoms with Crippen molar-refractivity contribution in [3.05, 3.63) is 71.2 Å². The third kappa shape index (κ3) is 4.37. The molecule has 190 valence electrons. The standard InChI is InChI=1S/C27H29F3N4O2/c1-17-4-5-20-6-7-23(34(20)15-17)21-8-9-33-24(21)14-22(26(35)36)18(2)25(33)19(3)32-12-10-31(11-13-32)16-27(28,29)30/h4-9,14-15,19H,10-13,16H2,1-3H3,(H,35,36). The maximum Gasteiger partial charge on any atom is 0.401 e. The molecule has 0 bridgehead atoms. The van der Waals surface area contributed by atoms with Crippen molar-refractivity contribution in [2.24, 2.45) is 0 Å². The van der Waals surface area contributed by atoms with E-state index >= 15 is 0 Å². The van der Waals surface area contributed by atoms with E-state index in [2.05, 4.69) is 27.6 Å². The summed E-state index contributed by atoms with van der Waals surface area (Å²) in [5.74, 6) is -0.999. The number of alkyl halides is 3. The molecule has 4 aromatic heterocycles. The lowest BCUT2D eigenvalue weighted by molar-refractivity contribution is -0.149. The Labute approximate surface area is 207 Å². The second-order valence-corrected chi connectivity index (χ2v) is 9.68. The predicted molar refractivity (Wildman–Crippen MR) is 133 cm³/mol. The first-order chi connectivity index (χ1) is 17.0. The van der Waals surface area contributed by atoms with Crippen molar-refractivity contribution in [3.8, 4) is 11.3 Å². The molecule has 0 saturated carbocycles. The third-order valence-corrected chi connectivity index (χ3v) is 7.31. The van der Waals surface area contributed by atoms with Crippen LogP contribution in [0, 0.1) is 13.8 Å². The zero-order chi connectivity index (χ0) is 25.8. The van der Waals surface area contributed by atoms with Gasteiger partial charge in [-0.1, -0.05) is 6.07 Å². The molecule has 1 unspecified atom stereocenters. The quantitative estimate of drug-likeness (QED) is 0.400. The van der Waals surface area contributed by atoms with Crippen LogP contribution in [0.3, 0.4) is 0 Å². The van der Waals surface area contributed by atoms with Crippen LogP contribution < -0.4 is 0 Å². The van der Waals surface area contributed by atoms with Gasteiger partial charge in [0.15, 0.2) is 0 Å². The van der Waals surface area contributed by atoms with Gasteiger partial charge < -0.3 is 13.9 Å². The van der Waals surface area contributed by atoms with Crippen molar-refractivity contribution in [2.45, 2.75) is 33.0 Å². The topological polar surface area (TPSA) is 52.6 Å². The molecule has 0 amide bonds. The number of nitrogens with zero attached hydrogens (tertiary/aromatic N) is 4. The van der Waals surface area contributed by atoms with Crippen molar-refractivity contribution in [1.82, 2.24) is 18.6 Å². The Morgan fingerprint density at radius 2 is 1.72 bits per heavy atom. The van der Waals surface area contributed by atoms with Gasteiger partial charge >= 0.3 is 12.1 Å². The van der Waals surface area contributed by atoms with Crippen LogP contribution in [0.25, 0.3) is 22.3 Å². The van der Waals surface area contributed by atoms with Gasteiger partial charge in [0.2, 0.25) is 0 Å². The first-order valence-electron chi connectivity index (χ1n) is 12.0. The molecular formula is C27H29F3N4O2. The largest absolute Gasteiger partial charge is 0.478 e. The van der Waals surface area contributed by atoms with Crippen molar-refractivity contribution in [2.75, 3.05) is 32.7 Å². The SMILES string of the molecule is Cc1ccc2ccc(-c3ccn4c(C(C)N5CCN(CC(F)(F)F)CC5)c(C)c(C(=O)O)cc34)n2c1. The average Bonchev–Trinajstić information content (AvgIpc) is 3.40. The van der Waals surface area contributed by atoms with Gasteiger partial charge in [0.05, 0.1) is 23.3 Å². The number of fused-ring (bicyclic) bond motifs is 2. The van der Waals surface area contributed by atoms with Gasteiger partial charge in [-0.15, -0.1) is 0 Å². The zero-order valence-corrected chi connectivity index (χ0v) is 20.5. The molecule has 5 heterocycles. The number of aromatic nitrogens is 2. The highest BCUT2D eigenvalue weighted by atomic mass is 19.4. The smallest absolute Gasteiger partial charge is 0.401 e. The average molecular weight is 499 g/mol. The van der Waals surface area contributed by atoms with Crippen LogP contribution in [-0.2, 0) is 0 Å². The number of piperazine rings is 1. The van der Waals surface area contributed by atoms with Crippen LogP contribution in [0.4, 0.5) is 13.2 Å². The molecule has 0 radical (unpaired) electrons. The maximum absolute atomic E-state index is 12.8. The summed E-state index contributed by atoms with van der Waals surface area (Å²) in [6, 6.07) is 11.7. The van der Waals surface area contributed by atoms with Crippen LogP contribution in [-0.4, -0.2) is 68.6 Å². The van der Waals surface area contributed by atoms with Crippen LogP contribution in [0.5, 0.6) is 0 Å². The van der Waals surface area contributed by atoms with E-state index in [4.69, 9.17) is 0 Å². The molecule has 1 atom stereocenters. The normalized spacial score (nSPS) is 16.7. The molecule has 1 aliphatic rings. The fourth-order valence-corrected chi connectivity index (χ4v) is 5.48. The van der Waals surface area contributed by atoms with Gasteiger partial charge in [-0.05, 0) is 62.2 Å². The minimum Gasteiger partial charge on any atom is -0.478 e. The molecule has 1 fully saturated rings. The number of carbonyl (C=O) groups is 1. The Bertz CT molecular complexity index is 1450. The van der Waals surface area contributed by atoms with Gasteiger partial charge in [-0.2, -0.15) is 13.2 Å². The molecular weight excluding hydrogens is 469 g/mol. The Morgan fingerprint density at radius 3 is 2.39 bits per heavy atom. The predicted octanol–water partition coefficient (Wildman–Crippen LogP) is 5.41. The first kappa shape index (κ1) is 24.4. The Morgan fingerprint density at radius 1 is 1.03 bits per heavy atom. The number of carboxylic acids is 1. The molecule has 0 aliphatic carbocycles. The van der Waals surface area contributed by atoms with Crippen LogP contribution in [0.1, 0.15) is 40.1 Å². The lowest BCUT2D eigenvalue weighted by atomic mass is 10.00. The molecule has 6 nitrogen and oxygen atoms in total. The Hall–Kier alpha value is -3.30. The van der Waals surface area contributed by atoms with E-state index in [1.807, 2.05) is 49.6 Å².